The molecule has 0 bridgehead atoms. The van der Waals surface area contributed by atoms with Crippen molar-refractivity contribution in [1.82, 2.24) is 9.38 Å². The van der Waals surface area contributed by atoms with E-state index in [1.165, 1.54) is 5.56 Å². The Labute approximate surface area is 59.1 Å². The van der Waals surface area contributed by atoms with Crippen molar-refractivity contribution < 1.29 is 0 Å². The van der Waals surface area contributed by atoms with Gasteiger partial charge in [-0.2, -0.15) is 0 Å². The van der Waals surface area contributed by atoms with E-state index in [1.807, 2.05) is 16.7 Å². The molecule has 0 saturated carbocycles. The van der Waals surface area contributed by atoms with Crippen LogP contribution >= 0.6 is 0 Å². The quantitative estimate of drug-likeness (QED) is 0.532. The van der Waals surface area contributed by atoms with E-state index in [0.29, 0.717) is 0 Å². The summed E-state index contributed by atoms with van der Waals surface area (Å²) in [7, 11) is 0. The van der Waals surface area contributed by atoms with Gasteiger partial charge in [-0.3, -0.25) is 0 Å². The highest BCUT2D eigenvalue weighted by Crippen LogP contribution is 2.01. The third-order valence-electron chi connectivity index (χ3n) is 1.54. The lowest BCUT2D eigenvalue weighted by Gasteiger charge is -1.93. The summed E-state index contributed by atoms with van der Waals surface area (Å²) in [6.45, 7) is 2.07. The molecule has 0 aliphatic rings. The van der Waals surface area contributed by atoms with Crippen LogP contribution in [0.3, 0.4) is 0 Å². The summed E-state index contributed by atoms with van der Waals surface area (Å²) in [5, 5.41) is 0. The van der Waals surface area contributed by atoms with Gasteiger partial charge in [0, 0.05) is 18.6 Å². The fraction of sp³-hybridized carbons (Fsp3) is 0.125. The van der Waals surface area contributed by atoms with E-state index in [4.69, 9.17) is 0 Å². The Hall–Kier alpha value is -1.31. The first kappa shape index (κ1) is 5.47. The maximum atomic E-state index is 4.12. The van der Waals surface area contributed by atoms with Crippen LogP contribution in [0.15, 0.2) is 30.7 Å². The molecule has 0 spiro atoms. The fourth-order valence-corrected chi connectivity index (χ4v) is 1.03. The number of nitrogens with zero attached hydrogens (tertiary/aromatic N) is 2. The molecule has 0 aromatic carbocycles. The van der Waals surface area contributed by atoms with Crippen molar-refractivity contribution in [2.24, 2.45) is 0 Å². The number of fused-ring (bicyclic) bond motifs is 1. The normalized spacial score (nSPS) is 10.5. The predicted molar refractivity (Wildman–Crippen MR) is 39.9 cm³/mol. The number of aryl methyl sites for hydroxylation is 1. The maximum Gasteiger partial charge on any atom is 0.136 e. The summed E-state index contributed by atoms with van der Waals surface area (Å²) in [6.07, 6.45) is 5.80. The van der Waals surface area contributed by atoms with Gasteiger partial charge in [0.05, 0.1) is 0 Å². The van der Waals surface area contributed by atoms with Crippen molar-refractivity contribution >= 4 is 5.65 Å². The van der Waals surface area contributed by atoms with E-state index >= 15 is 0 Å². The van der Waals surface area contributed by atoms with Crippen LogP contribution in [0.25, 0.3) is 5.65 Å². The Morgan fingerprint density at radius 2 is 2.30 bits per heavy atom. The summed E-state index contributed by atoms with van der Waals surface area (Å²) >= 11 is 0. The smallest absolute Gasteiger partial charge is 0.136 e. The molecule has 2 aromatic heterocycles. The topological polar surface area (TPSA) is 17.3 Å². The molecule has 0 N–H and O–H groups in total. The van der Waals surface area contributed by atoms with Gasteiger partial charge < -0.3 is 4.40 Å². The molecule has 0 aliphatic carbocycles. The number of aromatic nitrogens is 2. The molecule has 0 aliphatic heterocycles. The van der Waals surface area contributed by atoms with Gasteiger partial charge >= 0.3 is 0 Å². The molecule has 2 nitrogen and oxygen atoms in total. The second-order valence-corrected chi connectivity index (χ2v) is 2.40. The van der Waals surface area contributed by atoms with Crippen LogP contribution < -0.4 is 0 Å². The van der Waals surface area contributed by atoms with Crippen LogP contribution in [0, 0.1) is 6.92 Å². The van der Waals surface area contributed by atoms with Crippen LogP contribution in [-0.2, 0) is 0 Å². The molecule has 0 saturated heterocycles. The second-order valence-electron chi connectivity index (χ2n) is 2.40. The Kier molecular flexibility index (Phi) is 1.01. The SMILES string of the molecule is Cc1ccc2nccn2c1. The molecule has 50 valence electrons. The molecule has 0 unspecified atom stereocenters. The molecule has 10 heavy (non-hydrogen) atoms. The van der Waals surface area contributed by atoms with Gasteiger partial charge in [-0.1, -0.05) is 6.07 Å². The number of imidazole rings is 1. The molecule has 2 heteroatoms. The summed E-state index contributed by atoms with van der Waals surface area (Å²) < 4.78 is 2.01. The highest BCUT2D eigenvalue weighted by molar-refractivity contribution is 5.38. The summed E-state index contributed by atoms with van der Waals surface area (Å²) in [5.74, 6) is 0. The monoisotopic (exact) mass is 132 g/mol. The third kappa shape index (κ3) is 0.692. The van der Waals surface area contributed by atoms with E-state index in [9.17, 15) is 0 Å². The van der Waals surface area contributed by atoms with Crippen LogP contribution in [0.2, 0.25) is 0 Å². The summed E-state index contributed by atoms with van der Waals surface area (Å²) in [6, 6.07) is 4.07. The average Bonchev–Trinajstić information content (AvgIpc) is 2.33. The summed E-state index contributed by atoms with van der Waals surface area (Å²) in [4.78, 5) is 4.12. The Bertz CT molecular complexity index is 349. The molecule has 2 aromatic rings. The second kappa shape index (κ2) is 1.84. The van der Waals surface area contributed by atoms with Gasteiger partial charge in [-0.05, 0) is 18.6 Å². The van der Waals surface area contributed by atoms with Crippen LogP contribution in [0.5, 0.6) is 0 Å². The first-order valence-corrected chi connectivity index (χ1v) is 3.25. The average molecular weight is 132 g/mol. The lowest BCUT2D eigenvalue weighted by atomic mass is 10.3. The van der Waals surface area contributed by atoms with Gasteiger partial charge in [0.25, 0.3) is 0 Å². The third-order valence-corrected chi connectivity index (χ3v) is 1.54. The largest absolute Gasteiger partial charge is 0.307 e. The predicted octanol–water partition coefficient (Wildman–Crippen LogP) is 1.64. The molecular formula is C8H8N2. The van der Waals surface area contributed by atoms with Gasteiger partial charge in [0.1, 0.15) is 5.65 Å². The minimum Gasteiger partial charge on any atom is -0.307 e. The molecule has 0 radical (unpaired) electrons. The molecule has 0 amide bonds. The molecule has 2 rings (SSSR count). The van der Waals surface area contributed by atoms with Crippen LogP contribution in [-0.4, -0.2) is 9.38 Å². The first-order chi connectivity index (χ1) is 4.86. The van der Waals surface area contributed by atoms with Crippen LogP contribution in [0.1, 0.15) is 5.56 Å². The van der Waals surface area contributed by atoms with Crippen molar-refractivity contribution in [3.05, 3.63) is 36.3 Å². The molecule has 0 fully saturated rings. The van der Waals surface area contributed by atoms with Gasteiger partial charge in [-0.15, -0.1) is 0 Å². The van der Waals surface area contributed by atoms with E-state index < -0.39 is 0 Å². The minimum atomic E-state index is 1.01. The molecule has 2 heterocycles. The van der Waals surface area contributed by atoms with Crippen molar-refractivity contribution in [1.29, 1.82) is 0 Å². The van der Waals surface area contributed by atoms with E-state index in [2.05, 4.69) is 24.2 Å². The van der Waals surface area contributed by atoms with E-state index in [-0.39, 0.29) is 0 Å². The zero-order valence-electron chi connectivity index (χ0n) is 5.78. The van der Waals surface area contributed by atoms with Crippen LogP contribution in [0.4, 0.5) is 0 Å². The molecule has 0 atom stereocenters. The van der Waals surface area contributed by atoms with Crippen molar-refractivity contribution in [3.8, 4) is 0 Å². The Balaban J connectivity index is 2.86. The lowest BCUT2D eigenvalue weighted by molar-refractivity contribution is 1.16. The zero-order chi connectivity index (χ0) is 6.97. The number of hydrogen-bond acceptors (Lipinski definition) is 1. The van der Waals surface area contributed by atoms with E-state index in [0.717, 1.165) is 5.65 Å². The van der Waals surface area contributed by atoms with Crippen molar-refractivity contribution in [3.63, 3.8) is 0 Å². The van der Waals surface area contributed by atoms with E-state index in [1.54, 1.807) is 6.20 Å². The van der Waals surface area contributed by atoms with Gasteiger partial charge in [0.2, 0.25) is 0 Å². The minimum absolute atomic E-state index is 1.01. The van der Waals surface area contributed by atoms with Crippen molar-refractivity contribution in [2.45, 2.75) is 6.92 Å². The standard InChI is InChI=1S/C8H8N2/c1-7-2-3-8-9-4-5-10(8)6-7/h2-6H,1H3. The number of hydrogen-bond donors (Lipinski definition) is 0. The maximum absolute atomic E-state index is 4.12. The highest BCUT2D eigenvalue weighted by atomic mass is 15.0. The first-order valence-electron chi connectivity index (χ1n) is 3.25. The number of pyridine rings is 1. The Morgan fingerprint density at radius 1 is 1.40 bits per heavy atom. The van der Waals surface area contributed by atoms with Gasteiger partial charge in [0.15, 0.2) is 0 Å². The molecular weight excluding hydrogens is 124 g/mol. The van der Waals surface area contributed by atoms with Gasteiger partial charge in [-0.25, -0.2) is 4.98 Å². The highest BCUT2D eigenvalue weighted by Gasteiger charge is 1.89. The summed E-state index contributed by atoms with van der Waals surface area (Å²) in [5.41, 5.74) is 2.26. The zero-order valence-corrected chi connectivity index (χ0v) is 5.78. The number of rotatable bonds is 0. The van der Waals surface area contributed by atoms with Crippen molar-refractivity contribution in [2.75, 3.05) is 0 Å². The Morgan fingerprint density at radius 3 is 3.20 bits per heavy atom. The fourth-order valence-electron chi connectivity index (χ4n) is 1.03. The lowest BCUT2D eigenvalue weighted by Crippen LogP contribution is -1.82.